The number of anilines is 2. The Balaban J connectivity index is 1.07. The highest BCUT2D eigenvalue weighted by Crippen LogP contribution is 2.32. The van der Waals surface area contributed by atoms with Gasteiger partial charge in [0.15, 0.2) is 11.6 Å². The van der Waals surface area contributed by atoms with Gasteiger partial charge in [-0.1, -0.05) is 24.3 Å². The molecule has 0 saturated carbocycles. The molecule has 1 atom stereocenters. The van der Waals surface area contributed by atoms with Crippen molar-refractivity contribution in [1.29, 1.82) is 0 Å². The first kappa shape index (κ1) is 27.3. The summed E-state index contributed by atoms with van der Waals surface area (Å²) in [6, 6.07) is 13.4. The molecule has 0 bridgehead atoms. The van der Waals surface area contributed by atoms with E-state index in [4.69, 9.17) is 5.73 Å². The van der Waals surface area contributed by atoms with Crippen molar-refractivity contribution in [3.8, 4) is 17.0 Å². The van der Waals surface area contributed by atoms with Gasteiger partial charge in [0.2, 0.25) is 11.8 Å². The van der Waals surface area contributed by atoms with Crippen LogP contribution in [0.25, 0.3) is 11.3 Å². The average molecular weight is 570 g/mol. The second-order valence-corrected chi connectivity index (χ2v) is 10.8. The van der Waals surface area contributed by atoms with E-state index in [2.05, 4.69) is 25.3 Å². The number of para-hydroxylation sites is 1. The van der Waals surface area contributed by atoms with E-state index in [0.29, 0.717) is 55.2 Å². The first-order valence-corrected chi connectivity index (χ1v) is 13.9. The molecule has 12 nitrogen and oxygen atoms in total. The number of phenols is 1. The van der Waals surface area contributed by atoms with Crippen molar-refractivity contribution in [3.63, 3.8) is 0 Å². The van der Waals surface area contributed by atoms with Gasteiger partial charge in [-0.15, -0.1) is 10.2 Å². The van der Waals surface area contributed by atoms with Crippen LogP contribution >= 0.6 is 0 Å². The molecule has 0 radical (unpaired) electrons. The SMILES string of the molecule is Nc1nnc(-c2ccccc2O)cc1N1CCN(CC(=O)Cc2cccc3c2CN(C2CCC(=O)NC2=O)C3=O)CC1. The molecule has 2 saturated heterocycles. The Morgan fingerprint density at radius 2 is 1.76 bits per heavy atom. The van der Waals surface area contributed by atoms with E-state index >= 15 is 0 Å². The highest BCUT2D eigenvalue weighted by Gasteiger charge is 2.40. The maximum absolute atomic E-state index is 13.2. The van der Waals surface area contributed by atoms with Crippen molar-refractivity contribution in [2.75, 3.05) is 43.4 Å². The van der Waals surface area contributed by atoms with Crippen LogP contribution in [0, 0.1) is 0 Å². The lowest BCUT2D eigenvalue weighted by molar-refractivity contribution is -0.137. The van der Waals surface area contributed by atoms with E-state index in [9.17, 15) is 24.3 Å². The fraction of sp³-hybridized carbons (Fsp3) is 0.333. The van der Waals surface area contributed by atoms with E-state index in [1.54, 1.807) is 30.3 Å². The predicted octanol–water partition coefficient (Wildman–Crippen LogP) is 1.13. The van der Waals surface area contributed by atoms with Gasteiger partial charge in [-0.2, -0.15) is 0 Å². The number of nitrogens with zero attached hydrogens (tertiary/aromatic N) is 5. The number of phenolic OH excluding ortho intramolecular Hbond substituents is 1. The summed E-state index contributed by atoms with van der Waals surface area (Å²) in [6.07, 6.45) is 0.671. The summed E-state index contributed by atoms with van der Waals surface area (Å²) in [7, 11) is 0. The van der Waals surface area contributed by atoms with E-state index in [1.807, 2.05) is 18.2 Å². The molecule has 0 spiro atoms. The third kappa shape index (κ3) is 5.28. The third-order valence-corrected chi connectivity index (χ3v) is 8.16. The minimum Gasteiger partial charge on any atom is -0.507 e. The molecule has 216 valence electrons. The van der Waals surface area contributed by atoms with E-state index in [0.717, 1.165) is 16.8 Å². The van der Waals surface area contributed by atoms with Gasteiger partial charge in [-0.3, -0.25) is 29.4 Å². The smallest absolute Gasteiger partial charge is 0.255 e. The number of nitrogens with two attached hydrogens (primary N) is 1. The number of piperidine rings is 1. The van der Waals surface area contributed by atoms with Crippen LogP contribution in [0.5, 0.6) is 5.75 Å². The summed E-state index contributed by atoms with van der Waals surface area (Å²) in [6.45, 7) is 3.09. The maximum Gasteiger partial charge on any atom is 0.255 e. The van der Waals surface area contributed by atoms with Crippen molar-refractivity contribution < 1.29 is 24.3 Å². The molecule has 42 heavy (non-hydrogen) atoms. The summed E-state index contributed by atoms with van der Waals surface area (Å²) in [5.74, 6) is -0.579. The van der Waals surface area contributed by atoms with Crippen LogP contribution in [-0.2, 0) is 27.3 Å². The van der Waals surface area contributed by atoms with E-state index < -0.39 is 11.9 Å². The standard InChI is InChI=1S/C30H31N7O5/c31-28-25(15-23(33-34-28)21-5-1-2-7-26(21)39)36-12-10-35(11-13-36)16-19(38)14-18-4-3-6-20-22(18)17-37(30(20)42)24-8-9-27(40)32-29(24)41/h1-7,15,24,39H,8-14,16-17H2,(H2,31,34)(H,32,40,41). The fourth-order valence-corrected chi connectivity index (χ4v) is 5.95. The number of imide groups is 1. The number of aromatic hydroxyl groups is 1. The van der Waals surface area contributed by atoms with Crippen LogP contribution in [-0.4, -0.2) is 87.4 Å². The number of amides is 3. The van der Waals surface area contributed by atoms with Crippen LogP contribution in [0.15, 0.2) is 48.5 Å². The highest BCUT2D eigenvalue weighted by atomic mass is 16.3. The third-order valence-electron chi connectivity index (χ3n) is 8.16. The van der Waals surface area contributed by atoms with Gasteiger partial charge in [-0.05, 0) is 41.8 Å². The first-order chi connectivity index (χ1) is 20.3. The Labute approximate surface area is 242 Å². The molecule has 2 fully saturated rings. The lowest BCUT2D eigenvalue weighted by Crippen LogP contribution is -2.52. The summed E-state index contributed by atoms with van der Waals surface area (Å²) in [4.78, 5) is 55.9. The average Bonchev–Trinajstić information content (AvgIpc) is 3.31. The Morgan fingerprint density at radius 1 is 1.00 bits per heavy atom. The second-order valence-electron chi connectivity index (χ2n) is 10.8. The van der Waals surface area contributed by atoms with Crippen LogP contribution in [0.1, 0.15) is 34.3 Å². The molecule has 4 N–H and O–H groups in total. The number of carbonyl (C=O) groups excluding carboxylic acids is 4. The molecule has 2 aromatic carbocycles. The number of nitrogens with one attached hydrogen (secondary N) is 1. The summed E-state index contributed by atoms with van der Waals surface area (Å²) < 4.78 is 0. The first-order valence-electron chi connectivity index (χ1n) is 13.9. The van der Waals surface area contributed by atoms with Crippen LogP contribution in [0.3, 0.4) is 0 Å². The van der Waals surface area contributed by atoms with Crippen molar-refractivity contribution >= 4 is 35.0 Å². The van der Waals surface area contributed by atoms with Gasteiger partial charge >= 0.3 is 0 Å². The fourth-order valence-electron chi connectivity index (χ4n) is 5.95. The highest BCUT2D eigenvalue weighted by molar-refractivity contribution is 6.05. The Morgan fingerprint density at radius 3 is 2.52 bits per heavy atom. The lowest BCUT2D eigenvalue weighted by Gasteiger charge is -2.36. The van der Waals surface area contributed by atoms with Crippen LogP contribution in [0.2, 0.25) is 0 Å². The Bertz CT molecular complexity index is 1580. The van der Waals surface area contributed by atoms with Crippen molar-refractivity contribution in [1.82, 2.24) is 25.3 Å². The molecule has 3 aromatic rings. The number of carbonyl (C=O) groups is 4. The van der Waals surface area contributed by atoms with E-state index in [-0.39, 0.29) is 49.3 Å². The van der Waals surface area contributed by atoms with Gasteiger partial charge in [0.05, 0.1) is 17.9 Å². The van der Waals surface area contributed by atoms with Crippen molar-refractivity contribution in [2.24, 2.45) is 0 Å². The molecule has 12 heteroatoms. The van der Waals surface area contributed by atoms with E-state index in [1.165, 1.54) is 4.90 Å². The molecule has 4 heterocycles. The van der Waals surface area contributed by atoms with Gasteiger partial charge in [0.25, 0.3) is 5.91 Å². The lowest BCUT2D eigenvalue weighted by atomic mass is 9.99. The Kier molecular flexibility index (Phi) is 7.29. The quantitative estimate of drug-likeness (QED) is 0.352. The number of nitrogen functional groups attached to an aromatic ring is 1. The van der Waals surface area contributed by atoms with Crippen molar-refractivity contribution in [3.05, 3.63) is 65.2 Å². The van der Waals surface area contributed by atoms with Crippen LogP contribution < -0.4 is 16.0 Å². The number of hydrogen-bond acceptors (Lipinski definition) is 10. The molecular weight excluding hydrogens is 538 g/mol. The van der Waals surface area contributed by atoms with Gasteiger partial charge in [0.1, 0.15) is 11.8 Å². The van der Waals surface area contributed by atoms with Crippen LogP contribution in [0.4, 0.5) is 11.5 Å². The number of rotatable bonds is 7. The molecule has 1 unspecified atom stereocenters. The number of piperazine rings is 1. The number of aromatic nitrogens is 2. The maximum atomic E-state index is 13.2. The minimum absolute atomic E-state index is 0.0377. The molecule has 0 aliphatic carbocycles. The topological polar surface area (TPSA) is 162 Å². The number of Topliss-reactive ketones (excluding diaryl/α,β-unsaturated/α-hetero) is 1. The number of fused-ring (bicyclic) bond motifs is 1. The molecule has 6 rings (SSSR count). The van der Waals surface area contributed by atoms with Gasteiger partial charge < -0.3 is 20.6 Å². The molecular formula is C30H31N7O5. The molecule has 3 amide bonds. The number of ketones is 1. The second kappa shape index (κ2) is 11.2. The largest absolute Gasteiger partial charge is 0.507 e. The van der Waals surface area contributed by atoms with Gasteiger partial charge in [-0.25, -0.2) is 0 Å². The zero-order valence-corrected chi connectivity index (χ0v) is 23.0. The zero-order valence-electron chi connectivity index (χ0n) is 23.0. The molecule has 3 aliphatic heterocycles. The van der Waals surface area contributed by atoms with Crippen molar-refractivity contribution in [2.45, 2.75) is 31.8 Å². The summed E-state index contributed by atoms with van der Waals surface area (Å²) in [5.41, 5.74) is 10.0. The summed E-state index contributed by atoms with van der Waals surface area (Å²) >= 11 is 0. The predicted molar refractivity (Wildman–Crippen MR) is 153 cm³/mol. The molecule has 1 aromatic heterocycles. The number of hydrogen-bond donors (Lipinski definition) is 3. The number of benzene rings is 2. The summed E-state index contributed by atoms with van der Waals surface area (Å²) in [5, 5.41) is 20.8. The zero-order chi connectivity index (χ0) is 29.4. The van der Waals surface area contributed by atoms with Gasteiger partial charge in [0, 0.05) is 56.7 Å². The monoisotopic (exact) mass is 569 g/mol. The Hall–Kier alpha value is -4.84. The minimum atomic E-state index is -0.693. The molecule has 3 aliphatic rings. The normalized spacial score (nSPS) is 19.1.